The Morgan fingerprint density at radius 1 is 1.00 bits per heavy atom. The molecule has 0 spiro atoms. The van der Waals surface area contributed by atoms with Crippen molar-refractivity contribution in [3.63, 3.8) is 0 Å². The number of nitrogens with one attached hydrogen (secondary N) is 1. The second-order valence-corrected chi connectivity index (χ2v) is 5.34. The predicted octanol–water partition coefficient (Wildman–Crippen LogP) is 2.66. The van der Waals surface area contributed by atoms with Gasteiger partial charge in [0.2, 0.25) is 5.78 Å². The van der Waals surface area contributed by atoms with E-state index in [-0.39, 0.29) is 28.4 Å². The summed E-state index contributed by atoms with van der Waals surface area (Å²) in [5.41, 5.74) is 0.636. The lowest BCUT2D eigenvalue weighted by atomic mass is 9.91. The Kier molecular flexibility index (Phi) is 4.12. The van der Waals surface area contributed by atoms with Gasteiger partial charge in [-0.1, -0.05) is 0 Å². The molecule has 124 valence electrons. The topological polar surface area (TPSA) is 77.8 Å². The van der Waals surface area contributed by atoms with Crippen molar-refractivity contribution < 1.29 is 23.5 Å². The van der Waals surface area contributed by atoms with Crippen LogP contribution in [0.4, 0.5) is 0 Å². The van der Waals surface area contributed by atoms with Gasteiger partial charge < -0.3 is 19.2 Å². The maximum atomic E-state index is 12.8. The molecule has 0 aliphatic heterocycles. The van der Waals surface area contributed by atoms with Crippen molar-refractivity contribution in [3.05, 3.63) is 58.7 Å². The molecule has 0 fully saturated rings. The van der Waals surface area contributed by atoms with Gasteiger partial charge in [-0.25, -0.2) is 0 Å². The summed E-state index contributed by atoms with van der Waals surface area (Å²) < 4.78 is 15.9. The van der Waals surface area contributed by atoms with Gasteiger partial charge in [-0.15, -0.1) is 0 Å². The molecule has 0 amide bonds. The summed E-state index contributed by atoms with van der Waals surface area (Å²) in [5.74, 6) is 1.52. The van der Waals surface area contributed by atoms with E-state index in [9.17, 15) is 9.59 Å². The zero-order chi connectivity index (χ0) is 17.3. The number of benzene rings is 1. The highest BCUT2D eigenvalue weighted by molar-refractivity contribution is 6.26. The van der Waals surface area contributed by atoms with E-state index >= 15 is 0 Å². The van der Waals surface area contributed by atoms with Crippen LogP contribution < -0.4 is 14.8 Å². The average Bonchev–Trinajstić information content (AvgIpc) is 3.00. The fourth-order valence-corrected chi connectivity index (χ4v) is 2.67. The first-order chi connectivity index (χ1) is 11.5. The van der Waals surface area contributed by atoms with E-state index in [2.05, 4.69) is 5.32 Å². The van der Waals surface area contributed by atoms with Gasteiger partial charge in [0.25, 0.3) is 0 Å². The number of ether oxygens (including phenoxy) is 2. The second kappa shape index (κ2) is 6.23. The third kappa shape index (κ3) is 2.67. The van der Waals surface area contributed by atoms with Gasteiger partial charge in [0.15, 0.2) is 5.78 Å². The lowest BCUT2D eigenvalue weighted by Gasteiger charge is -2.20. The second-order valence-electron chi connectivity index (χ2n) is 5.34. The number of furan rings is 1. The smallest absolute Gasteiger partial charge is 0.213 e. The number of methoxy groups -OCH3 is 2. The number of ketones is 2. The van der Waals surface area contributed by atoms with Crippen molar-refractivity contribution in [1.82, 2.24) is 5.32 Å². The Bertz CT molecular complexity index is 847. The minimum atomic E-state index is -0.316. The highest BCUT2D eigenvalue weighted by atomic mass is 16.5. The monoisotopic (exact) mass is 327 g/mol. The highest BCUT2D eigenvalue weighted by Crippen LogP contribution is 2.35. The molecule has 3 rings (SSSR count). The van der Waals surface area contributed by atoms with E-state index in [0.29, 0.717) is 23.8 Å². The third-order valence-corrected chi connectivity index (χ3v) is 3.81. The van der Waals surface area contributed by atoms with Crippen molar-refractivity contribution in [1.29, 1.82) is 0 Å². The van der Waals surface area contributed by atoms with Crippen LogP contribution in [0.1, 0.15) is 32.2 Å². The maximum absolute atomic E-state index is 12.8. The van der Waals surface area contributed by atoms with Crippen molar-refractivity contribution in [3.8, 4) is 11.5 Å². The fraction of sp³-hybridized carbons (Fsp3) is 0.222. The van der Waals surface area contributed by atoms with Crippen molar-refractivity contribution in [2.75, 3.05) is 14.2 Å². The normalized spacial score (nSPS) is 13.4. The molecule has 1 N–H and O–H groups in total. The van der Waals surface area contributed by atoms with Gasteiger partial charge in [-0.05, 0) is 31.2 Å². The molecule has 24 heavy (non-hydrogen) atoms. The first-order valence-corrected chi connectivity index (χ1v) is 7.40. The van der Waals surface area contributed by atoms with E-state index in [4.69, 9.17) is 13.9 Å². The lowest BCUT2D eigenvalue weighted by molar-refractivity contribution is 0.0972. The number of carbonyl (C=O) groups excluding carboxylic acids is 2. The fourth-order valence-electron chi connectivity index (χ4n) is 2.67. The molecule has 0 unspecified atom stereocenters. The first kappa shape index (κ1) is 15.9. The van der Waals surface area contributed by atoms with Crippen LogP contribution in [-0.2, 0) is 6.54 Å². The summed E-state index contributed by atoms with van der Waals surface area (Å²) in [4.78, 5) is 25.3. The minimum Gasteiger partial charge on any atom is -0.496 e. The van der Waals surface area contributed by atoms with Crippen LogP contribution in [0, 0.1) is 6.92 Å². The summed E-state index contributed by atoms with van der Waals surface area (Å²) >= 11 is 0. The number of Topliss-reactive ketones (excluding diaryl/α,β-unsaturated/α-hetero) is 1. The molecule has 0 saturated carbocycles. The summed E-state index contributed by atoms with van der Waals surface area (Å²) in [6, 6.07) is 6.88. The van der Waals surface area contributed by atoms with Crippen LogP contribution in [0.2, 0.25) is 0 Å². The Hall–Kier alpha value is -3.02. The number of fused-ring (bicyclic) bond motifs is 1. The van der Waals surface area contributed by atoms with Gasteiger partial charge in [-0.2, -0.15) is 0 Å². The molecule has 6 heteroatoms. The molecule has 0 atom stereocenters. The SMILES string of the molecule is COc1ccc(OC)c2c1C(=O)C=C(NCc1ccc(C)o1)C2=O. The van der Waals surface area contributed by atoms with Gasteiger partial charge in [-0.3, -0.25) is 9.59 Å². The highest BCUT2D eigenvalue weighted by Gasteiger charge is 2.32. The Morgan fingerprint density at radius 3 is 2.25 bits per heavy atom. The number of allylic oxidation sites excluding steroid dienone is 2. The molecule has 0 saturated heterocycles. The number of hydrogen-bond acceptors (Lipinski definition) is 6. The van der Waals surface area contributed by atoms with E-state index in [1.807, 2.05) is 19.1 Å². The van der Waals surface area contributed by atoms with Gasteiger partial charge in [0, 0.05) is 6.08 Å². The summed E-state index contributed by atoms with van der Waals surface area (Å²) in [5, 5.41) is 2.96. The summed E-state index contributed by atoms with van der Waals surface area (Å²) in [6.07, 6.45) is 1.28. The molecule has 2 aromatic rings. The van der Waals surface area contributed by atoms with Crippen molar-refractivity contribution >= 4 is 11.6 Å². The van der Waals surface area contributed by atoms with E-state index < -0.39 is 0 Å². The van der Waals surface area contributed by atoms with Crippen LogP contribution in [0.3, 0.4) is 0 Å². The zero-order valence-corrected chi connectivity index (χ0v) is 13.6. The summed E-state index contributed by atoms with van der Waals surface area (Å²) in [6.45, 7) is 2.14. The zero-order valence-electron chi connectivity index (χ0n) is 13.6. The minimum absolute atomic E-state index is 0.202. The third-order valence-electron chi connectivity index (χ3n) is 3.81. The maximum Gasteiger partial charge on any atom is 0.213 e. The Labute approximate surface area is 139 Å². The molecule has 1 aliphatic rings. The van der Waals surface area contributed by atoms with Crippen molar-refractivity contribution in [2.24, 2.45) is 0 Å². The van der Waals surface area contributed by atoms with Crippen molar-refractivity contribution in [2.45, 2.75) is 13.5 Å². The first-order valence-electron chi connectivity index (χ1n) is 7.40. The largest absolute Gasteiger partial charge is 0.496 e. The molecule has 1 aliphatic carbocycles. The molecule has 1 aromatic carbocycles. The summed E-state index contributed by atoms with van der Waals surface area (Å²) in [7, 11) is 2.91. The molecular formula is C18H17NO5. The quantitative estimate of drug-likeness (QED) is 0.910. The number of carbonyl (C=O) groups is 2. The Balaban J connectivity index is 1.94. The van der Waals surface area contributed by atoms with Crippen LogP contribution in [0.5, 0.6) is 11.5 Å². The van der Waals surface area contributed by atoms with Crippen LogP contribution >= 0.6 is 0 Å². The van der Waals surface area contributed by atoms with Crippen LogP contribution in [-0.4, -0.2) is 25.8 Å². The molecular weight excluding hydrogens is 310 g/mol. The van der Waals surface area contributed by atoms with Crippen LogP contribution in [0.25, 0.3) is 0 Å². The van der Waals surface area contributed by atoms with Gasteiger partial charge >= 0.3 is 0 Å². The molecule has 0 radical (unpaired) electrons. The van der Waals surface area contributed by atoms with Crippen LogP contribution in [0.15, 0.2) is 40.5 Å². The molecule has 0 bridgehead atoms. The molecule has 6 nitrogen and oxygen atoms in total. The average molecular weight is 327 g/mol. The van der Waals surface area contributed by atoms with Gasteiger partial charge in [0.05, 0.1) is 37.6 Å². The Morgan fingerprint density at radius 2 is 1.67 bits per heavy atom. The lowest BCUT2D eigenvalue weighted by Crippen LogP contribution is -2.27. The number of hydrogen-bond donors (Lipinski definition) is 1. The van der Waals surface area contributed by atoms with E-state index in [1.54, 1.807) is 12.1 Å². The standard InChI is InChI=1S/C18H17NO5/c1-10-4-5-11(24-10)9-19-12-8-13(20)16-14(22-2)6-7-15(23-3)17(16)18(12)21/h4-8,19H,9H2,1-3H3. The predicted molar refractivity (Wildman–Crippen MR) is 86.6 cm³/mol. The molecule has 1 heterocycles. The van der Waals surface area contributed by atoms with E-state index in [0.717, 1.165) is 5.76 Å². The number of rotatable bonds is 5. The van der Waals surface area contributed by atoms with Gasteiger partial charge in [0.1, 0.15) is 23.0 Å². The molecule has 1 aromatic heterocycles. The van der Waals surface area contributed by atoms with E-state index in [1.165, 1.54) is 20.3 Å². The number of aryl methyl sites for hydroxylation is 1.